The molecule has 4 heteroatoms. The predicted octanol–water partition coefficient (Wildman–Crippen LogP) is 6.61. The SMILES string of the molecule is CCCOc1ccc2c(c1)C1C=CCC1C(c1cccc(Cl)c1Cl)N2. The first-order chi connectivity index (χ1) is 12.2. The summed E-state index contributed by atoms with van der Waals surface area (Å²) >= 11 is 12.8. The minimum Gasteiger partial charge on any atom is -0.494 e. The molecule has 0 aromatic heterocycles. The lowest BCUT2D eigenvalue weighted by Crippen LogP contribution is -2.29. The first-order valence-corrected chi connectivity index (χ1v) is 9.58. The Morgan fingerprint density at radius 3 is 2.88 bits per heavy atom. The van der Waals surface area contributed by atoms with Crippen LogP contribution in [0.4, 0.5) is 5.69 Å². The molecule has 2 aliphatic rings. The highest BCUT2D eigenvalue weighted by Gasteiger charge is 2.38. The molecule has 3 unspecified atom stereocenters. The van der Waals surface area contributed by atoms with Crippen LogP contribution in [0.25, 0.3) is 0 Å². The number of anilines is 1. The molecule has 0 bridgehead atoms. The Balaban J connectivity index is 1.72. The van der Waals surface area contributed by atoms with E-state index >= 15 is 0 Å². The molecule has 25 heavy (non-hydrogen) atoms. The van der Waals surface area contributed by atoms with E-state index in [0.29, 0.717) is 21.9 Å². The fraction of sp³-hybridized carbons (Fsp3) is 0.333. The van der Waals surface area contributed by atoms with E-state index in [2.05, 4.69) is 42.6 Å². The molecular formula is C21H21Cl2NO. The third kappa shape index (κ3) is 3.02. The van der Waals surface area contributed by atoms with Crippen LogP contribution in [0, 0.1) is 5.92 Å². The Labute approximate surface area is 158 Å². The van der Waals surface area contributed by atoms with E-state index in [1.165, 1.54) is 5.56 Å². The van der Waals surface area contributed by atoms with Crippen molar-refractivity contribution < 1.29 is 4.74 Å². The summed E-state index contributed by atoms with van der Waals surface area (Å²) in [4.78, 5) is 0. The van der Waals surface area contributed by atoms with Crippen molar-refractivity contribution in [3.05, 3.63) is 69.7 Å². The quantitative estimate of drug-likeness (QED) is 0.608. The Morgan fingerprint density at radius 2 is 2.04 bits per heavy atom. The largest absolute Gasteiger partial charge is 0.494 e. The normalized spacial score (nSPS) is 23.7. The highest BCUT2D eigenvalue weighted by Crippen LogP contribution is 2.51. The van der Waals surface area contributed by atoms with Crippen LogP contribution in [0.3, 0.4) is 0 Å². The molecule has 2 nitrogen and oxygen atoms in total. The summed E-state index contributed by atoms with van der Waals surface area (Å²) in [5.74, 6) is 1.76. The van der Waals surface area contributed by atoms with Gasteiger partial charge in [-0.2, -0.15) is 0 Å². The smallest absolute Gasteiger partial charge is 0.119 e. The van der Waals surface area contributed by atoms with Crippen molar-refractivity contribution in [1.82, 2.24) is 0 Å². The zero-order chi connectivity index (χ0) is 17.4. The standard InChI is InChI=1S/C21H21Cl2NO/c1-2-11-25-13-9-10-19-17(12-13)14-5-3-6-15(14)21(24-19)16-7-4-8-18(22)20(16)23/h3-5,7-10,12,14-15,21,24H,2,6,11H2,1H3. The van der Waals surface area contributed by atoms with Crippen LogP contribution in [0.1, 0.15) is 42.9 Å². The molecule has 1 N–H and O–H groups in total. The monoisotopic (exact) mass is 373 g/mol. The van der Waals surface area contributed by atoms with Crippen LogP contribution < -0.4 is 10.1 Å². The van der Waals surface area contributed by atoms with E-state index in [1.807, 2.05) is 18.2 Å². The highest BCUT2D eigenvalue weighted by atomic mass is 35.5. The van der Waals surface area contributed by atoms with Gasteiger partial charge in [0.2, 0.25) is 0 Å². The van der Waals surface area contributed by atoms with Gasteiger partial charge < -0.3 is 10.1 Å². The molecule has 1 aliphatic heterocycles. The molecule has 0 saturated heterocycles. The number of allylic oxidation sites excluding steroid dienone is 2. The zero-order valence-corrected chi connectivity index (χ0v) is 15.6. The van der Waals surface area contributed by atoms with Crippen molar-refractivity contribution in [3.63, 3.8) is 0 Å². The molecule has 0 fully saturated rings. The van der Waals surface area contributed by atoms with Gasteiger partial charge in [0.1, 0.15) is 5.75 Å². The van der Waals surface area contributed by atoms with Crippen molar-refractivity contribution in [2.75, 3.05) is 11.9 Å². The summed E-state index contributed by atoms with van der Waals surface area (Å²) in [7, 11) is 0. The highest BCUT2D eigenvalue weighted by molar-refractivity contribution is 6.42. The Bertz CT molecular complexity index is 818. The average Bonchev–Trinajstić information content (AvgIpc) is 3.12. The topological polar surface area (TPSA) is 21.3 Å². The molecule has 3 atom stereocenters. The number of ether oxygens (including phenoxy) is 1. The average molecular weight is 374 g/mol. The Morgan fingerprint density at radius 1 is 1.16 bits per heavy atom. The Hall–Kier alpha value is -1.64. The lowest BCUT2D eigenvalue weighted by molar-refractivity contribution is 0.316. The van der Waals surface area contributed by atoms with E-state index < -0.39 is 0 Å². The molecule has 0 spiro atoms. The fourth-order valence-corrected chi connectivity index (χ4v) is 4.38. The van der Waals surface area contributed by atoms with E-state index in [1.54, 1.807) is 0 Å². The maximum absolute atomic E-state index is 6.51. The van der Waals surface area contributed by atoms with Crippen molar-refractivity contribution in [2.45, 2.75) is 31.7 Å². The van der Waals surface area contributed by atoms with Crippen LogP contribution in [0.2, 0.25) is 10.0 Å². The molecule has 2 aromatic carbocycles. The predicted molar refractivity (Wildman–Crippen MR) is 105 cm³/mol. The van der Waals surface area contributed by atoms with Gasteiger partial charge in [0, 0.05) is 11.6 Å². The third-order valence-electron chi connectivity index (χ3n) is 5.12. The summed E-state index contributed by atoms with van der Waals surface area (Å²) in [6.45, 7) is 2.87. The number of fused-ring (bicyclic) bond motifs is 3. The summed E-state index contributed by atoms with van der Waals surface area (Å²) in [5, 5.41) is 4.96. The minimum absolute atomic E-state index is 0.154. The van der Waals surface area contributed by atoms with Crippen molar-refractivity contribution >= 4 is 28.9 Å². The van der Waals surface area contributed by atoms with Gasteiger partial charge >= 0.3 is 0 Å². The van der Waals surface area contributed by atoms with Crippen molar-refractivity contribution in [3.8, 4) is 5.75 Å². The van der Waals surface area contributed by atoms with E-state index in [9.17, 15) is 0 Å². The zero-order valence-electron chi connectivity index (χ0n) is 14.1. The summed E-state index contributed by atoms with van der Waals surface area (Å²) in [5.41, 5.74) is 3.53. The van der Waals surface area contributed by atoms with Gasteiger partial charge in [0.05, 0.1) is 22.7 Å². The lowest BCUT2D eigenvalue weighted by Gasteiger charge is -2.38. The van der Waals surface area contributed by atoms with Gasteiger partial charge in [-0.1, -0.05) is 54.4 Å². The lowest BCUT2D eigenvalue weighted by atomic mass is 9.77. The second kappa shape index (κ2) is 6.93. The van der Waals surface area contributed by atoms with Gasteiger partial charge in [-0.15, -0.1) is 0 Å². The molecule has 4 rings (SSSR count). The van der Waals surface area contributed by atoms with Gasteiger partial charge in [-0.3, -0.25) is 0 Å². The molecular weight excluding hydrogens is 353 g/mol. The number of benzene rings is 2. The summed E-state index contributed by atoms with van der Waals surface area (Å²) in [6.07, 6.45) is 6.64. The first-order valence-electron chi connectivity index (χ1n) is 8.83. The van der Waals surface area contributed by atoms with Crippen molar-refractivity contribution in [2.24, 2.45) is 5.92 Å². The van der Waals surface area contributed by atoms with Crippen LogP contribution in [-0.4, -0.2) is 6.61 Å². The first kappa shape index (κ1) is 16.8. The van der Waals surface area contributed by atoms with Gasteiger partial charge in [0.15, 0.2) is 0 Å². The van der Waals surface area contributed by atoms with Gasteiger partial charge in [-0.05, 0) is 54.2 Å². The second-order valence-corrected chi connectivity index (χ2v) is 7.50. The number of hydrogen-bond acceptors (Lipinski definition) is 2. The second-order valence-electron chi connectivity index (χ2n) is 6.72. The molecule has 1 heterocycles. The van der Waals surface area contributed by atoms with Gasteiger partial charge in [0.25, 0.3) is 0 Å². The Kier molecular flexibility index (Phi) is 4.66. The fourth-order valence-electron chi connectivity index (χ4n) is 3.95. The molecule has 0 saturated carbocycles. The third-order valence-corrected chi connectivity index (χ3v) is 5.96. The summed E-state index contributed by atoms with van der Waals surface area (Å²) < 4.78 is 5.83. The van der Waals surface area contributed by atoms with E-state index in [0.717, 1.165) is 36.4 Å². The van der Waals surface area contributed by atoms with Crippen LogP contribution >= 0.6 is 23.2 Å². The summed E-state index contributed by atoms with van der Waals surface area (Å²) in [6, 6.07) is 12.4. The van der Waals surface area contributed by atoms with Crippen LogP contribution in [0.15, 0.2) is 48.6 Å². The van der Waals surface area contributed by atoms with E-state index in [4.69, 9.17) is 27.9 Å². The molecule has 0 amide bonds. The van der Waals surface area contributed by atoms with Crippen LogP contribution in [0.5, 0.6) is 5.75 Å². The van der Waals surface area contributed by atoms with Gasteiger partial charge in [-0.25, -0.2) is 0 Å². The number of rotatable bonds is 4. The molecule has 1 aliphatic carbocycles. The van der Waals surface area contributed by atoms with Crippen molar-refractivity contribution in [1.29, 1.82) is 0 Å². The number of halogens is 2. The number of nitrogens with one attached hydrogen (secondary N) is 1. The molecule has 0 radical (unpaired) electrons. The molecule has 2 aromatic rings. The maximum atomic E-state index is 6.51. The van der Waals surface area contributed by atoms with E-state index in [-0.39, 0.29) is 6.04 Å². The number of hydrogen-bond donors (Lipinski definition) is 1. The van der Waals surface area contributed by atoms with Crippen LogP contribution in [-0.2, 0) is 0 Å². The minimum atomic E-state index is 0.154. The molecule has 130 valence electrons. The maximum Gasteiger partial charge on any atom is 0.119 e.